The Morgan fingerprint density at radius 1 is 1.00 bits per heavy atom. The third-order valence-electron chi connectivity index (χ3n) is 5.67. The van der Waals surface area contributed by atoms with Gasteiger partial charge in [-0.2, -0.15) is 0 Å². The van der Waals surface area contributed by atoms with Crippen LogP contribution in [0.2, 0.25) is 0 Å². The van der Waals surface area contributed by atoms with E-state index < -0.39 is 5.97 Å². The number of methoxy groups -OCH3 is 2. The maximum atomic E-state index is 13.4. The van der Waals surface area contributed by atoms with Crippen LogP contribution in [0.15, 0.2) is 43.0 Å². The minimum Gasteiger partial charge on any atom is -0.493 e. The first-order chi connectivity index (χ1) is 17.1. The molecule has 180 valence electrons. The Bertz CT molecular complexity index is 1390. The van der Waals surface area contributed by atoms with Crippen molar-refractivity contribution >= 4 is 16.9 Å². The normalized spacial score (nSPS) is 12.4. The average Bonchev–Trinajstić information content (AvgIpc) is 3.39. The van der Waals surface area contributed by atoms with Crippen molar-refractivity contribution < 1.29 is 28.5 Å². The van der Waals surface area contributed by atoms with E-state index in [-0.39, 0.29) is 13.2 Å². The predicted molar refractivity (Wildman–Crippen MR) is 126 cm³/mol. The van der Waals surface area contributed by atoms with Gasteiger partial charge in [0.2, 0.25) is 0 Å². The van der Waals surface area contributed by atoms with Gasteiger partial charge >= 0.3 is 5.97 Å². The molecule has 0 unspecified atom stereocenters. The predicted octanol–water partition coefficient (Wildman–Crippen LogP) is 3.51. The number of esters is 1. The van der Waals surface area contributed by atoms with Gasteiger partial charge in [-0.1, -0.05) is 6.07 Å². The van der Waals surface area contributed by atoms with Gasteiger partial charge in [-0.05, 0) is 30.7 Å². The summed E-state index contributed by atoms with van der Waals surface area (Å²) in [6.07, 6.45) is 3.14. The highest BCUT2D eigenvalue weighted by Gasteiger charge is 2.26. The lowest BCUT2D eigenvalue weighted by molar-refractivity contribution is 0.0525. The topological polar surface area (TPSA) is 107 Å². The minimum atomic E-state index is -0.482. The molecule has 0 radical (unpaired) electrons. The number of hydrogen-bond donors (Lipinski definition) is 0. The van der Waals surface area contributed by atoms with Gasteiger partial charge in [0.05, 0.1) is 44.1 Å². The third kappa shape index (κ3) is 4.18. The molecule has 0 bridgehead atoms. The summed E-state index contributed by atoms with van der Waals surface area (Å²) in [7, 11) is 3.14. The summed E-state index contributed by atoms with van der Waals surface area (Å²) in [5.41, 5.74) is 2.89. The molecule has 10 heteroatoms. The maximum absolute atomic E-state index is 13.4. The zero-order valence-corrected chi connectivity index (χ0v) is 19.6. The van der Waals surface area contributed by atoms with Crippen molar-refractivity contribution in [1.29, 1.82) is 0 Å². The molecule has 0 atom stereocenters. The van der Waals surface area contributed by atoms with Crippen molar-refractivity contribution in [3.8, 4) is 34.1 Å². The second kappa shape index (κ2) is 9.49. The van der Waals surface area contributed by atoms with E-state index >= 15 is 0 Å². The maximum Gasteiger partial charge on any atom is 0.340 e. The minimum absolute atomic E-state index is 0.218. The number of aromatic nitrogens is 4. The fourth-order valence-electron chi connectivity index (χ4n) is 4.16. The number of hydrogen-bond acceptors (Lipinski definition) is 9. The lowest BCUT2D eigenvalue weighted by Crippen LogP contribution is -2.17. The molecule has 2 aromatic heterocycles. The second-order valence-corrected chi connectivity index (χ2v) is 7.75. The van der Waals surface area contributed by atoms with E-state index in [2.05, 4.69) is 10.2 Å². The summed E-state index contributed by atoms with van der Waals surface area (Å²) in [6, 6.07) is 9.19. The zero-order valence-electron chi connectivity index (χ0n) is 19.6. The SMILES string of the molecule is CCOC(=O)c1c(Cn2cnnc2)nc2cc3c(cc2c1-c1ccc(OC)c(OC)c1)OCCO3. The Labute approximate surface area is 201 Å². The molecule has 0 spiro atoms. The van der Waals surface area contributed by atoms with Crippen molar-refractivity contribution in [1.82, 2.24) is 19.7 Å². The number of carbonyl (C=O) groups excluding carboxylic acids is 1. The third-order valence-corrected chi connectivity index (χ3v) is 5.67. The van der Waals surface area contributed by atoms with Crippen LogP contribution in [0.5, 0.6) is 23.0 Å². The summed E-state index contributed by atoms with van der Waals surface area (Å²) < 4.78 is 29.8. The van der Waals surface area contributed by atoms with Crippen molar-refractivity contribution in [3.63, 3.8) is 0 Å². The Morgan fingerprint density at radius 3 is 2.40 bits per heavy atom. The van der Waals surface area contributed by atoms with E-state index in [4.69, 9.17) is 28.7 Å². The number of carbonyl (C=O) groups is 1. The molecule has 0 aliphatic carbocycles. The van der Waals surface area contributed by atoms with Gasteiger partial charge in [0.25, 0.3) is 0 Å². The van der Waals surface area contributed by atoms with Crippen LogP contribution in [0.3, 0.4) is 0 Å². The van der Waals surface area contributed by atoms with Crippen LogP contribution in [0.1, 0.15) is 23.0 Å². The monoisotopic (exact) mass is 476 g/mol. The van der Waals surface area contributed by atoms with Gasteiger partial charge in [-0.15, -0.1) is 10.2 Å². The molecule has 0 N–H and O–H groups in total. The summed E-state index contributed by atoms with van der Waals surface area (Å²) in [5.74, 6) is 1.82. The number of ether oxygens (including phenoxy) is 5. The van der Waals surface area contributed by atoms with Gasteiger partial charge in [0.15, 0.2) is 23.0 Å². The molecule has 4 aromatic rings. The van der Waals surface area contributed by atoms with Crippen LogP contribution < -0.4 is 18.9 Å². The molecule has 0 saturated heterocycles. The zero-order chi connectivity index (χ0) is 24.4. The Hall–Kier alpha value is -4.34. The number of nitrogens with zero attached hydrogens (tertiary/aromatic N) is 4. The molecule has 0 fully saturated rings. The molecular weight excluding hydrogens is 452 g/mol. The first-order valence-electron chi connectivity index (χ1n) is 11.1. The second-order valence-electron chi connectivity index (χ2n) is 7.75. The fraction of sp³-hybridized carbons (Fsp3) is 0.280. The van der Waals surface area contributed by atoms with Gasteiger partial charge in [0.1, 0.15) is 25.9 Å². The standard InChI is InChI=1S/C25H24N4O6/c1-4-33-25(30)24-18(12-29-13-26-27-14-29)28-17-11-22-21(34-7-8-35-22)10-16(17)23(24)15-5-6-19(31-2)20(9-15)32-3/h5-6,9-11,13-14H,4,7-8,12H2,1-3H3. The van der Waals surface area contributed by atoms with Crippen LogP contribution in [-0.4, -0.2) is 59.8 Å². The van der Waals surface area contributed by atoms with E-state index in [1.54, 1.807) is 44.4 Å². The highest BCUT2D eigenvalue weighted by molar-refractivity contribution is 6.08. The Kier molecular flexibility index (Phi) is 6.09. The van der Waals surface area contributed by atoms with Gasteiger partial charge in [-0.25, -0.2) is 9.78 Å². The van der Waals surface area contributed by atoms with Crippen molar-refractivity contribution in [2.75, 3.05) is 34.0 Å². The molecule has 1 aliphatic heterocycles. The lowest BCUT2D eigenvalue weighted by atomic mass is 9.93. The van der Waals surface area contributed by atoms with Crippen LogP contribution in [-0.2, 0) is 11.3 Å². The molecule has 2 aromatic carbocycles. The largest absolute Gasteiger partial charge is 0.493 e. The molecule has 5 rings (SSSR count). The number of fused-ring (bicyclic) bond motifs is 2. The van der Waals surface area contributed by atoms with Gasteiger partial charge in [-0.3, -0.25) is 0 Å². The van der Waals surface area contributed by atoms with E-state index in [0.29, 0.717) is 58.5 Å². The van der Waals surface area contributed by atoms with Crippen LogP contribution >= 0.6 is 0 Å². The molecule has 3 heterocycles. The van der Waals surface area contributed by atoms with Crippen molar-refractivity contribution in [2.45, 2.75) is 13.5 Å². The molecule has 1 aliphatic rings. The molecule has 35 heavy (non-hydrogen) atoms. The van der Waals surface area contributed by atoms with E-state index in [0.717, 1.165) is 10.9 Å². The Balaban J connectivity index is 1.84. The fourth-order valence-corrected chi connectivity index (χ4v) is 4.16. The quantitative estimate of drug-likeness (QED) is 0.370. The van der Waals surface area contributed by atoms with Gasteiger partial charge < -0.3 is 28.3 Å². The number of pyridine rings is 1. The summed E-state index contributed by atoms with van der Waals surface area (Å²) >= 11 is 0. The highest BCUT2D eigenvalue weighted by Crippen LogP contribution is 2.42. The van der Waals surface area contributed by atoms with E-state index in [9.17, 15) is 4.79 Å². The van der Waals surface area contributed by atoms with Crippen LogP contribution in [0.4, 0.5) is 0 Å². The van der Waals surface area contributed by atoms with E-state index in [1.807, 2.05) is 24.3 Å². The molecular formula is C25H24N4O6. The molecule has 0 saturated carbocycles. The highest BCUT2D eigenvalue weighted by atomic mass is 16.6. The Morgan fingerprint density at radius 2 is 1.71 bits per heavy atom. The molecule has 10 nitrogen and oxygen atoms in total. The first kappa shape index (κ1) is 22.5. The number of rotatable bonds is 7. The first-order valence-corrected chi connectivity index (χ1v) is 11.1. The molecule has 0 amide bonds. The average molecular weight is 476 g/mol. The lowest BCUT2D eigenvalue weighted by Gasteiger charge is -2.22. The smallest absolute Gasteiger partial charge is 0.340 e. The summed E-state index contributed by atoms with van der Waals surface area (Å²) in [6.45, 7) is 3.15. The number of benzene rings is 2. The van der Waals surface area contributed by atoms with E-state index in [1.165, 1.54) is 0 Å². The van der Waals surface area contributed by atoms with Gasteiger partial charge in [0, 0.05) is 17.0 Å². The van der Waals surface area contributed by atoms with Crippen molar-refractivity contribution in [2.24, 2.45) is 0 Å². The van der Waals surface area contributed by atoms with Crippen LogP contribution in [0.25, 0.3) is 22.0 Å². The van der Waals surface area contributed by atoms with Crippen LogP contribution in [0, 0.1) is 0 Å². The summed E-state index contributed by atoms with van der Waals surface area (Å²) in [4.78, 5) is 18.2. The summed E-state index contributed by atoms with van der Waals surface area (Å²) in [5, 5.41) is 8.47. The van der Waals surface area contributed by atoms with Crippen molar-refractivity contribution in [3.05, 3.63) is 54.2 Å².